The van der Waals surface area contributed by atoms with Gasteiger partial charge in [0.2, 0.25) is 0 Å². The molecule has 1 heteroatoms. The predicted molar refractivity (Wildman–Crippen MR) is 71.4 cm³/mol. The zero-order valence-electron chi connectivity index (χ0n) is 10.9. The van der Waals surface area contributed by atoms with Crippen molar-refractivity contribution >= 4 is 0 Å². The van der Waals surface area contributed by atoms with Crippen LogP contribution in [0.5, 0.6) is 0 Å². The van der Waals surface area contributed by atoms with Crippen molar-refractivity contribution in [1.82, 2.24) is 4.98 Å². The van der Waals surface area contributed by atoms with Crippen LogP contribution in [-0.2, 0) is 6.42 Å². The number of rotatable bonds is 0. The van der Waals surface area contributed by atoms with Crippen molar-refractivity contribution in [3.63, 3.8) is 0 Å². The summed E-state index contributed by atoms with van der Waals surface area (Å²) in [6.07, 6.45) is 2.98. The van der Waals surface area contributed by atoms with E-state index in [0.29, 0.717) is 0 Å². The lowest BCUT2D eigenvalue weighted by Crippen LogP contribution is -1.93. The first-order valence-corrected chi connectivity index (χ1v) is 6.14. The highest BCUT2D eigenvalue weighted by Crippen LogP contribution is 2.41. The molecule has 0 radical (unpaired) electrons. The van der Waals surface area contributed by atoms with Crippen LogP contribution in [0.3, 0.4) is 0 Å². The number of benzene rings is 1. The topological polar surface area (TPSA) is 12.9 Å². The van der Waals surface area contributed by atoms with E-state index in [9.17, 15) is 0 Å². The molecule has 0 atom stereocenters. The summed E-state index contributed by atoms with van der Waals surface area (Å²) in [4.78, 5) is 4.59. The van der Waals surface area contributed by atoms with E-state index in [0.717, 1.165) is 6.42 Å². The molecule has 0 amide bonds. The minimum absolute atomic E-state index is 1.05. The lowest BCUT2D eigenvalue weighted by atomic mass is 9.95. The van der Waals surface area contributed by atoms with Crippen LogP contribution in [0.1, 0.15) is 33.4 Å². The Morgan fingerprint density at radius 1 is 0.941 bits per heavy atom. The zero-order valence-corrected chi connectivity index (χ0v) is 10.9. The molecule has 0 N–H and O–H groups in total. The molecule has 1 aromatic carbocycles. The first-order valence-electron chi connectivity index (χ1n) is 6.14. The maximum absolute atomic E-state index is 4.59. The van der Waals surface area contributed by atoms with Gasteiger partial charge in [0.15, 0.2) is 0 Å². The molecule has 0 saturated carbocycles. The van der Waals surface area contributed by atoms with E-state index < -0.39 is 0 Å². The molecule has 86 valence electrons. The molecule has 0 aliphatic heterocycles. The molecule has 2 aromatic rings. The van der Waals surface area contributed by atoms with Crippen LogP contribution < -0.4 is 0 Å². The van der Waals surface area contributed by atoms with Crippen LogP contribution >= 0.6 is 0 Å². The molecular weight excluding hydrogens is 206 g/mol. The fourth-order valence-corrected chi connectivity index (χ4v) is 2.92. The number of pyridine rings is 1. The molecule has 0 unspecified atom stereocenters. The summed E-state index contributed by atoms with van der Waals surface area (Å²) >= 11 is 0. The molecule has 1 aromatic heterocycles. The van der Waals surface area contributed by atoms with E-state index in [1.54, 1.807) is 0 Å². The Morgan fingerprint density at radius 2 is 1.71 bits per heavy atom. The zero-order chi connectivity index (χ0) is 12.2. The van der Waals surface area contributed by atoms with Crippen LogP contribution in [0.15, 0.2) is 18.3 Å². The van der Waals surface area contributed by atoms with Crippen molar-refractivity contribution in [3.8, 4) is 11.3 Å². The van der Waals surface area contributed by atoms with E-state index in [4.69, 9.17) is 0 Å². The van der Waals surface area contributed by atoms with Gasteiger partial charge in [-0.05, 0) is 67.1 Å². The van der Waals surface area contributed by atoms with Crippen molar-refractivity contribution in [3.05, 3.63) is 51.7 Å². The maximum Gasteiger partial charge on any atom is 0.0745 e. The third-order valence-electron chi connectivity index (χ3n) is 4.05. The molecule has 1 aliphatic rings. The summed E-state index contributed by atoms with van der Waals surface area (Å²) in [6, 6.07) is 4.40. The average Bonchev–Trinajstić information content (AvgIpc) is 2.67. The van der Waals surface area contributed by atoms with E-state index >= 15 is 0 Å². The number of hydrogen-bond donors (Lipinski definition) is 0. The standard InChI is InChI=1S/C16H17N/c1-9-5-6-17-16-13(9)8-14-12(4)10(2)7-11(3)15(14)16/h5-7H,8H2,1-4H3. The highest BCUT2D eigenvalue weighted by molar-refractivity contribution is 5.79. The van der Waals surface area contributed by atoms with Gasteiger partial charge in [-0.2, -0.15) is 0 Å². The molecule has 3 rings (SSSR count). The molecule has 0 bridgehead atoms. The maximum atomic E-state index is 4.59. The van der Waals surface area contributed by atoms with Gasteiger partial charge in [-0.15, -0.1) is 0 Å². The van der Waals surface area contributed by atoms with Crippen LogP contribution in [-0.4, -0.2) is 4.98 Å². The SMILES string of the molecule is Cc1cc(C)c2c(c1C)Cc1c(C)ccnc1-2. The van der Waals surface area contributed by atoms with Crippen molar-refractivity contribution in [2.24, 2.45) is 0 Å². The minimum atomic E-state index is 1.05. The van der Waals surface area contributed by atoms with Gasteiger partial charge in [0.1, 0.15) is 0 Å². The van der Waals surface area contributed by atoms with Gasteiger partial charge in [0.25, 0.3) is 0 Å². The summed E-state index contributed by atoms with van der Waals surface area (Å²) < 4.78 is 0. The highest BCUT2D eigenvalue weighted by Gasteiger charge is 2.24. The van der Waals surface area contributed by atoms with Gasteiger partial charge < -0.3 is 0 Å². The van der Waals surface area contributed by atoms with Crippen molar-refractivity contribution in [1.29, 1.82) is 0 Å². The Bertz CT molecular complexity index is 624. The third-order valence-corrected chi connectivity index (χ3v) is 4.05. The molecule has 17 heavy (non-hydrogen) atoms. The molecule has 1 nitrogen and oxygen atoms in total. The lowest BCUT2D eigenvalue weighted by Gasteiger charge is -2.10. The van der Waals surface area contributed by atoms with Crippen molar-refractivity contribution < 1.29 is 0 Å². The summed E-state index contributed by atoms with van der Waals surface area (Å²) in [7, 11) is 0. The summed E-state index contributed by atoms with van der Waals surface area (Å²) in [5.41, 5.74) is 11.0. The normalized spacial score (nSPS) is 12.5. The first-order chi connectivity index (χ1) is 8.09. The minimum Gasteiger partial charge on any atom is -0.256 e. The smallest absolute Gasteiger partial charge is 0.0745 e. The first kappa shape index (κ1) is 10.5. The van der Waals surface area contributed by atoms with Gasteiger partial charge >= 0.3 is 0 Å². The molecule has 1 aliphatic carbocycles. The second-order valence-electron chi connectivity index (χ2n) is 5.12. The largest absolute Gasteiger partial charge is 0.256 e. The van der Waals surface area contributed by atoms with E-state index in [1.165, 1.54) is 44.6 Å². The Labute approximate surface area is 103 Å². The van der Waals surface area contributed by atoms with E-state index in [2.05, 4.69) is 44.8 Å². The summed E-state index contributed by atoms with van der Waals surface area (Å²) in [6.45, 7) is 8.81. The third kappa shape index (κ3) is 1.35. The van der Waals surface area contributed by atoms with Crippen LogP contribution in [0.2, 0.25) is 0 Å². The fourth-order valence-electron chi connectivity index (χ4n) is 2.92. The van der Waals surface area contributed by atoms with Crippen molar-refractivity contribution in [2.75, 3.05) is 0 Å². The van der Waals surface area contributed by atoms with E-state index in [1.807, 2.05) is 6.20 Å². The van der Waals surface area contributed by atoms with Gasteiger partial charge in [0.05, 0.1) is 5.69 Å². The number of nitrogens with zero attached hydrogens (tertiary/aromatic N) is 1. The second kappa shape index (κ2) is 3.43. The lowest BCUT2D eigenvalue weighted by molar-refractivity contribution is 1.15. The molecule has 0 spiro atoms. The summed E-state index contributed by atoms with van der Waals surface area (Å²) in [5, 5.41) is 0. The molecule has 1 heterocycles. The summed E-state index contributed by atoms with van der Waals surface area (Å²) in [5.74, 6) is 0. The number of aryl methyl sites for hydroxylation is 3. The van der Waals surface area contributed by atoms with Gasteiger partial charge in [0, 0.05) is 18.2 Å². The Morgan fingerprint density at radius 3 is 2.47 bits per heavy atom. The van der Waals surface area contributed by atoms with Gasteiger partial charge in [-0.1, -0.05) is 6.07 Å². The Hall–Kier alpha value is -1.63. The quantitative estimate of drug-likeness (QED) is 0.563. The van der Waals surface area contributed by atoms with Crippen molar-refractivity contribution in [2.45, 2.75) is 34.1 Å². The molecule has 0 saturated heterocycles. The Kier molecular flexibility index (Phi) is 2.12. The second-order valence-corrected chi connectivity index (χ2v) is 5.12. The number of hydrogen-bond acceptors (Lipinski definition) is 1. The van der Waals surface area contributed by atoms with Gasteiger partial charge in [-0.25, -0.2) is 0 Å². The van der Waals surface area contributed by atoms with Crippen LogP contribution in [0.4, 0.5) is 0 Å². The monoisotopic (exact) mass is 223 g/mol. The number of aromatic nitrogens is 1. The average molecular weight is 223 g/mol. The molecular formula is C16H17N. The number of fused-ring (bicyclic) bond motifs is 3. The van der Waals surface area contributed by atoms with Crippen LogP contribution in [0, 0.1) is 27.7 Å². The molecule has 0 fully saturated rings. The Balaban J connectivity index is 2.38. The fraction of sp³-hybridized carbons (Fsp3) is 0.312. The van der Waals surface area contributed by atoms with Gasteiger partial charge in [-0.3, -0.25) is 4.98 Å². The highest BCUT2D eigenvalue weighted by atomic mass is 14.7. The van der Waals surface area contributed by atoms with E-state index in [-0.39, 0.29) is 0 Å². The van der Waals surface area contributed by atoms with Crippen LogP contribution in [0.25, 0.3) is 11.3 Å². The predicted octanol–water partition coefficient (Wildman–Crippen LogP) is 3.89.